The number of halogens is 1. The SMILES string of the molecule is Cc1cc(NC2CCCc3sccc32)cnc1Br. The van der Waals surface area contributed by atoms with Crippen molar-refractivity contribution in [2.75, 3.05) is 5.32 Å². The number of fused-ring (bicyclic) bond motifs is 1. The Morgan fingerprint density at radius 2 is 2.39 bits per heavy atom. The molecule has 3 rings (SSSR count). The lowest BCUT2D eigenvalue weighted by atomic mass is 9.94. The summed E-state index contributed by atoms with van der Waals surface area (Å²) in [5, 5.41) is 5.82. The van der Waals surface area contributed by atoms with Gasteiger partial charge in [-0.3, -0.25) is 0 Å². The van der Waals surface area contributed by atoms with Gasteiger partial charge in [0.2, 0.25) is 0 Å². The largest absolute Gasteiger partial charge is 0.377 e. The van der Waals surface area contributed by atoms with Gasteiger partial charge in [0.1, 0.15) is 4.60 Å². The predicted molar refractivity (Wildman–Crippen MR) is 80.3 cm³/mol. The lowest BCUT2D eigenvalue weighted by Crippen LogP contribution is -2.15. The number of aromatic nitrogens is 1. The molecule has 0 saturated heterocycles. The second-order valence-corrected chi connectivity index (χ2v) is 6.47. The highest BCUT2D eigenvalue weighted by Gasteiger charge is 2.21. The first-order valence-electron chi connectivity index (χ1n) is 6.19. The minimum absolute atomic E-state index is 0.447. The Morgan fingerprint density at radius 1 is 1.50 bits per heavy atom. The molecule has 0 fully saturated rings. The average molecular weight is 323 g/mol. The van der Waals surface area contributed by atoms with Gasteiger partial charge in [0.05, 0.1) is 17.9 Å². The summed E-state index contributed by atoms with van der Waals surface area (Å²) >= 11 is 5.32. The molecule has 0 radical (unpaired) electrons. The van der Waals surface area contributed by atoms with E-state index in [2.05, 4.69) is 50.7 Å². The van der Waals surface area contributed by atoms with E-state index in [1.807, 2.05) is 17.5 Å². The number of aryl methyl sites for hydroxylation is 2. The molecule has 0 bridgehead atoms. The van der Waals surface area contributed by atoms with Gasteiger partial charge in [-0.05, 0) is 70.8 Å². The molecule has 1 atom stereocenters. The second kappa shape index (κ2) is 5.02. The molecule has 94 valence electrons. The molecule has 2 heterocycles. The molecule has 1 N–H and O–H groups in total. The first-order chi connectivity index (χ1) is 8.74. The minimum Gasteiger partial charge on any atom is -0.377 e. The molecule has 2 nitrogen and oxygen atoms in total. The fraction of sp³-hybridized carbons (Fsp3) is 0.357. The van der Waals surface area contributed by atoms with Crippen molar-refractivity contribution >= 4 is 33.0 Å². The maximum absolute atomic E-state index is 4.34. The zero-order chi connectivity index (χ0) is 12.5. The molecule has 0 aromatic carbocycles. The summed E-state index contributed by atoms with van der Waals surface area (Å²) in [5.41, 5.74) is 3.76. The molecule has 1 aliphatic rings. The van der Waals surface area contributed by atoms with Gasteiger partial charge in [0.25, 0.3) is 0 Å². The lowest BCUT2D eigenvalue weighted by molar-refractivity contribution is 0.608. The number of thiophene rings is 1. The molecule has 0 spiro atoms. The number of hydrogen-bond acceptors (Lipinski definition) is 3. The quantitative estimate of drug-likeness (QED) is 0.810. The van der Waals surface area contributed by atoms with Crippen LogP contribution in [-0.4, -0.2) is 4.98 Å². The van der Waals surface area contributed by atoms with E-state index in [-0.39, 0.29) is 0 Å². The summed E-state index contributed by atoms with van der Waals surface area (Å²) in [6.07, 6.45) is 5.62. The van der Waals surface area contributed by atoms with Crippen LogP contribution in [0.3, 0.4) is 0 Å². The Bertz CT molecular complexity index is 565. The molecular formula is C14H15BrN2S. The van der Waals surface area contributed by atoms with Gasteiger partial charge < -0.3 is 5.32 Å². The van der Waals surface area contributed by atoms with Crippen molar-refractivity contribution in [2.45, 2.75) is 32.2 Å². The van der Waals surface area contributed by atoms with Gasteiger partial charge in [-0.2, -0.15) is 0 Å². The molecule has 0 amide bonds. The number of hydrogen-bond donors (Lipinski definition) is 1. The van der Waals surface area contributed by atoms with Crippen LogP contribution in [0.25, 0.3) is 0 Å². The fourth-order valence-corrected chi connectivity index (χ4v) is 3.68. The van der Waals surface area contributed by atoms with Gasteiger partial charge >= 0.3 is 0 Å². The van der Waals surface area contributed by atoms with Crippen molar-refractivity contribution in [3.05, 3.63) is 44.3 Å². The molecule has 18 heavy (non-hydrogen) atoms. The standard InChI is InChI=1S/C14H15BrN2S/c1-9-7-10(8-16-14(9)15)17-12-3-2-4-13-11(12)5-6-18-13/h5-8,12,17H,2-4H2,1H3. The lowest BCUT2D eigenvalue weighted by Gasteiger charge is -2.24. The third-order valence-electron chi connectivity index (χ3n) is 3.41. The van der Waals surface area contributed by atoms with Gasteiger partial charge in [0.15, 0.2) is 0 Å². The zero-order valence-electron chi connectivity index (χ0n) is 10.2. The summed E-state index contributed by atoms with van der Waals surface area (Å²) in [7, 11) is 0. The molecule has 0 saturated carbocycles. The van der Waals surface area contributed by atoms with Crippen LogP contribution in [0.5, 0.6) is 0 Å². The van der Waals surface area contributed by atoms with Crippen LogP contribution < -0.4 is 5.32 Å². The first kappa shape index (κ1) is 12.2. The maximum atomic E-state index is 4.34. The number of rotatable bonds is 2. The third-order valence-corrected chi connectivity index (χ3v) is 5.23. The Morgan fingerprint density at radius 3 is 3.22 bits per heavy atom. The van der Waals surface area contributed by atoms with E-state index in [1.54, 1.807) is 4.88 Å². The van der Waals surface area contributed by atoms with E-state index in [0.29, 0.717) is 6.04 Å². The molecule has 0 aliphatic heterocycles. The van der Waals surface area contributed by atoms with Crippen LogP contribution in [0.15, 0.2) is 28.3 Å². The topological polar surface area (TPSA) is 24.9 Å². The molecule has 2 aromatic rings. The summed E-state index contributed by atoms with van der Waals surface area (Å²) in [4.78, 5) is 5.89. The van der Waals surface area contributed by atoms with Crippen LogP contribution in [0, 0.1) is 6.92 Å². The molecule has 2 aromatic heterocycles. The number of nitrogens with one attached hydrogen (secondary N) is 1. The van der Waals surface area contributed by atoms with Gasteiger partial charge in [0, 0.05) is 4.88 Å². The van der Waals surface area contributed by atoms with Crippen molar-refractivity contribution in [1.82, 2.24) is 4.98 Å². The van der Waals surface area contributed by atoms with Crippen LogP contribution in [0.1, 0.15) is 34.9 Å². The highest BCUT2D eigenvalue weighted by Crippen LogP contribution is 2.35. The molecule has 1 aliphatic carbocycles. The van der Waals surface area contributed by atoms with E-state index in [4.69, 9.17) is 0 Å². The minimum atomic E-state index is 0.447. The maximum Gasteiger partial charge on any atom is 0.109 e. The zero-order valence-corrected chi connectivity index (χ0v) is 12.6. The summed E-state index contributed by atoms with van der Waals surface area (Å²) < 4.78 is 0.924. The number of anilines is 1. The number of pyridine rings is 1. The van der Waals surface area contributed by atoms with E-state index >= 15 is 0 Å². The average Bonchev–Trinajstić information content (AvgIpc) is 2.83. The Labute approximate surface area is 120 Å². The van der Waals surface area contributed by atoms with Crippen LogP contribution in [0.4, 0.5) is 5.69 Å². The monoisotopic (exact) mass is 322 g/mol. The highest BCUT2D eigenvalue weighted by molar-refractivity contribution is 9.10. The molecular weight excluding hydrogens is 308 g/mol. The Kier molecular flexibility index (Phi) is 3.39. The number of nitrogens with zero attached hydrogens (tertiary/aromatic N) is 1. The van der Waals surface area contributed by atoms with Crippen molar-refractivity contribution in [1.29, 1.82) is 0 Å². The normalized spacial score (nSPS) is 18.4. The van der Waals surface area contributed by atoms with E-state index < -0.39 is 0 Å². The molecule has 4 heteroatoms. The Balaban J connectivity index is 1.84. The van der Waals surface area contributed by atoms with Gasteiger partial charge in [-0.1, -0.05) is 0 Å². The van der Waals surface area contributed by atoms with Crippen molar-refractivity contribution in [3.8, 4) is 0 Å². The van der Waals surface area contributed by atoms with Crippen LogP contribution in [-0.2, 0) is 6.42 Å². The second-order valence-electron chi connectivity index (χ2n) is 4.72. The van der Waals surface area contributed by atoms with Gasteiger partial charge in [-0.25, -0.2) is 4.98 Å². The van der Waals surface area contributed by atoms with Crippen molar-refractivity contribution < 1.29 is 0 Å². The van der Waals surface area contributed by atoms with Crippen LogP contribution >= 0.6 is 27.3 Å². The predicted octanol–water partition coefficient (Wildman–Crippen LogP) is 4.70. The van der Waals surface area contributed by atoms with Gasteiger partial charge in [-0.15, -0.1) is 11.3 Å². The van der Waals surface area contributed by atoms with E-state index in [0.717, 1.165) is 10.3 Å². The first-order valence-corrected chi connectivity index (χ1v) is 7.86. The Hall–Kier alpha value is -0.870. The van der Waals surface area contributed by atoms with Crippen molar-refractivity contribution in [2.24, 2.45) is 0 Å². The van der Waals surface area contributed by atoms with Crippen molar-refractivity contribution in [3.63, 3.8) is 0 Å². The van der Waals surface area contributed by atoms with E-state index in [1.165, 1.54) is 30.4 Å². The summed E-state index contributed by atoms with van der Waals surface area (Å²) in [6.45, 7) is 2.07. The van der Waals surface area contributed by atoms with Crippen LogP contribution in [0.2, 0.25) is 0 Å². The molecule has 1 unspecified atom stereocenters. The van der Waals surface area contributed by atoms with E-state index in [9.17, 15) is 0 Å². The summed E-state index contributed by atoms with van der Waals surface area (Å²) in [5.74, 6) is 0. The third kappa shape index (κ3) is 2.31. The fourth-order valence-electron chi connectivity index (χ4n) is 2.47. The smallest absolute Gasteiger partial charge is 0.109 e. The highest BCUT2D eigenvalue weighted by atomic mass is 79.9. The summed E-state index contributed by atoms with van der Waals surface area (Å²) in [6, 6.07) is 4.86.